The van der Waals surface area contributed by atoms with Gasteiger partial charge in [-0.1, -0.05) is 0 Å². The molecule has 0 bridgehead atoms. The van der Waals surface area contributed by atoms with Gasteiger partial charge in [-0.15, -0.1) is 0 Å². The first-order valence-electron chi connectivity index (χ1n) is 6.54. The number of hydrogen-bond acceptors (Lipinski definition) is 5. The number of aliphatic hydroxyl groups excluding tert-OH is 1. The van der Waals surface area contributed by atoms with E-state index in [0.717, 1.165) is 26.1 Å². The van der Waals surface area contributed by atoms with Crippen LogP contribution in [0.5, 0.6) is 0 Å². The van der Waals surface area contributed by atoms with E-state index in [4.69, 9.17) is 0 Å². The predicted molar refractivity (Wildman–Crippen MR) is 73.5 cm³/mol. The van der Waals surface area contributed by atoms with Crippen molar-refractivity contribution in [3.8, 4) is 0 Å². The summed E-state index contributed by atoms with van der Waals surface area (Å²) >= 11 is 0. The lowest BCUT2D eigenvalue weighted by Gasteiger charge is -2.31. The predicted octanol–water partition coefficient (Wildman–Crippen LogP) is -0.192. The first-order valence-corrected chi connectivity index (χ1v) is 8.60. The van der Waals surface area contributed by atoms with Gasteiger partial charge in [0.2, 0.25) is 0 Å². The lowest BCUT2D eigenvalue weighted by atomic mass is 10.1. The summed E-state index contributed by atoms with van der Waals surface area (Å²) in [7, 11) is 1.18. The minimum Gasteiger partial charge on any atom is -0.391 e. The second-order valence-corrected chi connectivity index (χ2v) is 7.76. The van der Waals surface area contributed by atoms with Crippen molar-refractivity contribution in [2.75, 3.05) is 45.7 Å². The van der Waals surface area contributed by atoms with Crippen LogP contribution in [0.15, 0.2) is 0 Å². The van der Waals surface area contributed by atoms with Gasteiger partial charge < -0.3 is 10.0 Å². The molecule has 1 fully saturated rings. The van der Waals surface area contributed by atoms with Gasteiger partial charge in [-0.25, -0.2) is 8.42 Å². The molecule has 0 aromatic carbocycles. The second-order valence-electron chi connectivity index (χ2n) is 5.50. The van der Waals surface area contributed by atoms with E-state index in [9.17, 15) is 13.5 Å². The molecule has 0 saturated carbocycles. The quantitative estimate of drug-likeness (QED) is 0.755. The Labute approximate surface area is 111 Å². The fourth-order valence-corrected chi connectivity index (χ4v) is 3.16. The lowest BCUT2D eigenvalue weighted by Crippen LogP contribution is -2.46. The molecule has 0 aromatic rings. The van der Waals surface area contributed by atoms with Crippen molar-refractivity contribution in [2.45, 2.75) is 31.4 Å². The van der Waals surface area contributed by atoms with Crippen LogP contribution in [0.25, 0.3) is 0 Å². The highest BCUT2D eigenvalue weighted by Crippen LogP contribution is 2.14. The van der Waals surface area contributed by atoms with Gasteiger partial charge >= 0.3 is 0 Å². The molecule has 1 N–H and O–H groups in total. The van der Waals surface area contributed by atoms with Gasteiger partial charge in [0, 0.05) is 24.6 Å². The maximum atomic E-state index is 11.1. The van der Waals surface area contributed by atoms with Crippen LogP contribution in [0.1, 0.15) is 19.3 Å². The van der Waals surface area contributed by atoms with E-state index in [1.807, 2.05) is 7.05 Å². The number of aliphatic hydroxyl groups is 1. The van der Waals surface area contributed by atoms with E-state index in [1.54, 1.807) is 0 Å². The normalized spacial score (nSPS) is 25.9. The molecule has 1 aliphatic heterocycles. The number of nitrogens with zero attached hydrogens (tertiary/aromatic N) is 2. The van der Waals surface area contributed by atoms with Crippen LogP contribution in [0.4, 0.5) is 0 Å². The molecule has 0 aliphatic carbocycles. The van der Waals surface area contributed by atoms with E-state index in [2.05, 4.69) is 16.8 Å². The van der Waals surface area contributed by atoms with Crippen molar-refractivity contribution in [3.05, 3.63) is 0 Å². The largest absolute Gasteiger partial charge is 0.391 e. The summed E-state index contributed by atoms with van der Waals surface area (Å²) in [6, 6.07) is 0.108. The highest BCUT2D eigenvalue weighted by molar-refractivity contribution is 7.90. The van der Waals surface area contributed by atoms with Gasteiger partial charge in [0.1, 0.15) is 9.84 Å². The molecule has 2 atom stereocenters. The van der Waals surface area contributed by atoms with Gasteiger partial charge in [-0.2, -0.15) is 0 Å². The van der Waals surface area contributed by atoms with Crippen molar-refractivity contribution in [1.82, 2.24) is 9.80 Å². The Bertz CT molecular complexity index is 345. The SMILES string of the molecule is CN1CCCN(C)C(C(O)CCCS(C)(=O)=O)C1. The Hall–Kier alpha value is -0.170. The monoisotopic (exact) mass is 278 g/mol. The molecule has 1 heterocycles. The summed E-state index contributed by atoms with van der Waals surface area (Å²) in [6.45, 7) is 2.88. The van der Waals surface area contributed by atoms with E-state index in [0.29, 0.717) is 12.8 Å². The third-order valence-corrected chi connectivity index (χ3v) is 4.60. The fourth-order valence-electron chi connectivity index (χ4n) is 2.47. The smallest absolute Gasteiger partial charge is 0.147 e. The van der Waals surface area contributed by atoms with Crippen LogP contribution in [0, 0.1) is 0 Å². The van der Waals surface area contributed by atoms with Gasteiger partial charge in [-0.3, -0.25) is 4.90 Å². The first kappa shape index (κ1) is 15.9. The zero-order valence-corrected chi connectivity index (χ0v) is 12.5. The van der Waals surface area contributed by atoms with Crippen LogP contribution in [-0.4, -0.2) is 81.2 Å². The fraction of sp³-hybridized carbons (Fsp3) is 1.00. The molecule has 0 aromatic heterocycles. The van der Waals surface area contributed by atoms with Crippen molar-refractivity contribution < 1.29 is 13.5 Å². The zero-order chi connectivity index (χ0) is 13.8. The molecule has 18 heavy (non-hydrogen) atoms. The van der Waals surface area contributed by atoms with Gasteiger partial charge in [0.05, 0.1) is 6.10 Å². The summed E-state index contributed by atoms with van der Waals surface area (Å²) < 4.78 is 22.1. The Morgan fingerprint density at radius 3 is 2.61 bits per heavy atom. The average molecular weight is 278 g/mol. The highest BCUT2D eigenvalue weighted by atomic mass is 32.2. The minimum absolute atomic E-state index is 0.108. The summed E-state index contributed by atoms with van der Waals surface area (Å²) in [5.74, 6) is 0.163. The second kappa shape index (κ2) is 6.84. The molecular weight excluding hydrogens is 252 g/mol. The van der Waals surface area contributed by atoms with E-state index in [1.165, 1.54) is 6.26 Å². The Kier molecular flexibility index (Phi) is 6.04. The minimum atomic E-state index is -2.92. The van der Waals surface area contributed by atoms with E-state index >= 15 is 0 Å². The Morgan fingerprint density at radius 2 is 2.00 bits per heavy atom. The molecule has 1 saturated heterocycles. The van der Waals surface area contributed by atoms with Crippen LogP contribution >= 0.6 is 0 Å². The molecule has 0 amide bonds. The summed E-state index contributed by atoms with van der Waals surface area (Å²) in [6.07, 6.45) is 2.99. The Balaban J connectivity index is 2.45. The standard InChI is InChI=1S/C12H26N2O3S/c1-13-7-5-8-14(2)11(10-13)12(15)6-4-9-18(3,16)17/h11-12,15H,4-10H2,1-3H3. The molecule has 1 rings (SSSR count). The Morgan fingerprint density at radius 1 is 1.33 bits per heavy atom. The van der Waals surface area contributed by atoms with Crippen LogP contribution in [0.3, 0.4) is 0 Å². The van der Waals surface area contributed by atoms with Gasteiger partial charge in [0.25, 0.3) is 0 Å². The number of hydrogen-bond donors (Lipinski definition) is 1. The summed E-state index contributed by atoms with van der Waals surface area (Å²) in [4.78, 5) is 4.42. The van der Waals surface area contributed by atoms with Crippen LogP contribution in [-0.2, 0) is 9.84 Å². The third-order valence-electron chi connectivity index (χ3n) is 3.57. The maximum Gasteiger partial charge on any atom is 0.147 e. The average Bonchev–Trinajstić information content (AvgIpc) is 2.38. The highest BCUT2D eigenvalue weighted by Gasteiger charge is 2.26. The van der Waals surface area contributed by atoms with Crippen LogP contribution in [0.2, 0.25) is 0 Å². The first-order chi connectivity index (χ1) is 8.29. The van der Waals surface area contributed by atoms with E-state index in [-0.39, 0.29) is 11.8 Å². The van der Waals surface area contributed by atoms with Crippen molar-refractivity contribution in [2.24, 2.45) is 0 Å². The molecule has 0 radical (unpaired) electrons. The topological polar surface area (TPSA) is 60.9 Å². The van der Waals surface area contributed by atoms with Gasteiger partial charge in [0.15, 0.2) is 0 Å². The van der Waals surface area contributed by atoms with Crippen LogP contribution < -0.4 is 0 Å². The number of sulfone groups is 1. The zero-order valence-electron chi connectivity index (χ0n) is 11.7. The summed E-state index contributed by atoms with van der Waals surface area (Å²) in [5, 5.41) is 10.2. The molecule has 6 heteroatoms. The van der Waals surface area contributed by atoms with Crippen molar-refractivity contribution in [3.63, 3.8) is 0 Å². The van der Waals surface area contributed by atoms with Crippen molar-refractivity contribution in [1.29, 1.82) is 0 Å². The molecule has 108 valence electrons. The maximum absolute atomic E-state index is 11.1. The molecule has 0 spiro atoms. The van der Waals surface area contributed by atoms with E-state index < -0.39 is 15.9 Å². The lowest BCUT2D eigenvalue weighted by molar-refractivity contribution is 0.0516. The number of rotatable bonds is 5. The molecule has 2 unspecified atom stereocenters. The number of likely N-dealkylation sites (N-methyl/N-ethyl adjacent to an activating group) is 2. The molecular formula is C12H26N2O3S. The van der Waals surface area contributed by atoms with Gasteiger partial charge in [-0.05, 0) is 46.4 Å². The molecule has 5 nitrogen and oxygen atoms in total. The third kappa shape index (κ3) is 5.65. The molecule has 1 aliphatic rings. The summed E-state index contributed by atoms with van der Waals surface area (Å²) in [5.41, 5.74) is 0. The van der Waals surface area contributed by atoms with Crippen molar-refractivity contribution >= 4 is 9.84 Å².